The Hall–Kier alpha value is -3.61. The average molecular weight is 407 g/mol. The molecule has 30 heavy (non-hydrogen) atoms. The fourth-order valence-corrected chi connectivity index (χ4v) is 2.81. The first-order valence-electron chi connectivity index (χ1n) is 9.62. The molecule has 1 unspecified atom stereocenters. The van der Waals surface area contributed by atoms with Gasteiger partial charge in [-0.05, 0) is 61.7 Å². The van der Waals surface area contributed by atoms with Crippen LogP contribution in [0.25, 0.3) is 5.69 Å². The summed E-state index contributed by atoms with van der Waals surface area (Å²) in [5.74, 6) is 0.670. The van der Waals surface area contributed by atoms with E-state index in [-0.39, 0.29) is 17.3 Å². The fraction of sp³-hybridized carbons (Fsp3) is 0.261. The van der Waals surface area contributed by atoms with Gasteiger partial charge in [-0.25, -0.2) is 0 Å². The number of nitrogens with zero attached hydrogens (tertiary/aromatic N) is 2. The normalized spacial score (nSPS) is 11.6. The standard InChI is InChI=1S/C23H25N3O4/c1-15-5-8-19(13-16(15)2)26-22(27)12-11-21(25-26)30-17(3)23(28)24-14-18-6-9-20(29-4)10-7-18/h5-13,17H,14H2,1-4H3,(H,24,28). The minimum absolute atomic E-state index is 0.194. The van der Waals surface area contributed by atoms with Gasteiger partial charge in [-0.2, -0.15) is 4.68 Å². The van der Waals surface area contributed by atoms with Crippen molar-refractivity contribution < 1.29 is 14.3 Å². The first kappa shape index (κ1) is 21.1. The smallest absolute Gasteiger partial charge is 0.271 e. The van der Waals surface area contributed by atoms with E-state index in [0.717, 1.165) is 22.4 Å². The number of amides is 1. The number of benzene rings is 2. The fourth-order valence-electron chi connectivity index (χ4n) is 2.81. The number of hydrogen-bond donors (Lipinski definition) is 1. The topological polar surface area (TPSA) is 82.5 Å². The van der Waals surface area contributed by atoms with E-state index in [2.05, 4.69) is 10.4 Å². The third kappa shape index (κ3) is 5.05. The zero-order valence-electron chi connectivity index (χ0n) is 17.5. The van der Waals surface area contributed by atoms with Crippen LogP contribution in [0.15, 0.2) is 59.4 Å². The maximum Gasteiger partial charge on any atom is 0.271 e. The number of methoxy groups -OCH3 is 1. The third-order valence-corrected chi connectivity index (χ3v) is 4.80. The highest BCUT2D eigenvalue weighted by Crippen LogP contribution is 2.14. The van der Waals surface area contributed by atoms with Gasteiger partial charge in [0.1, 0.15) is 5.75 Å². The van der Waals surface area contributed by atoms with E-state index in [1.54, 1.807) is 14.0 Å². The molecule has 0 saturated carbocycles. The van der Waals surface area contributed by atoms with Crippen LogP contribution in [0.3, 0.4) is 0 Å². The number of hydrogen-bond acceptors (Lipinski definition) is 5. The molecule has 0 aliphatic rings. The van der Waals surface area contributed by atoms with Crippen LogP contribution in [0.5, 0.6) is 11.6 Å². The van der Waals surface area contributed by atoms with Crippen molar-refractivity contribution in [3.8, 4) is 17.3 Å². The van der Waals surface area contributed by atoms with Crippen molar-refractivity contribution in [3.63, 3.8) is 0 Å². The lowest BCUT2D eigenvalue weighted by atomic mass is 10.1. The molecule has 2 aromatic carbocycles. The van der Waals surface area contributed by atoms with E-state index in [1.165, 1.54) is 16.8 Å². The monoisotopic (exact) mass is 407 g/mol. The highest BCUT2D eigenvalue weighted by atomic mass is 16.5. The molecule has 0 bridgehead atoms. The van der Waals surface area contributed by atoms with Crippen LogP contribution >= 0.6 is 0 Å². The van der Waals surface area contributed by atoms with Crippen molar-refractivity contribution >= 4 is 5.91 Å². The van der Waals surface area contributed by atoms with Crippen molar-refractivity contribution in [1.82, 2.24) is 15.1 Å². The van der Waals surface area contributed by atoms with Gasteiger partial charge in [0.2, 0.25) is 5.88 Å². The molecular weight excluding hydrogens is 382 g/mol. The molecule has 1 atom stereocenters. The van der Waals surface area contributed by atoms with Crippen LogP contribution in [0.2, 0.25) is 0 Å². The van der Waals surface area contributed by atoms with Crippen molar-refractivity contribution in [2.24, 2.45) is 0 Å². The first-order valence-corrected chi connectivity index (χ1v) is 9.62. The number of aryl methyl sites for hydroxylation is 2. The van der Waals surface area contributed by atoms with Crippen LogP contribution in [0.1, 0.15) is 23.6 Å². The number of carbonyl (C=O) groups is 1. The van der Waals surface area contributed by atoms with Crippen molar-refractivity contribution in [2.45, 2.75) is 33.4 Å². The molecule has 1 aromatic heterocycles. The lowest BCUT2D eigenvalue weighted by Crippen LogP contribution is -2.36. The Labute approximate surface area is 175 Å². The average Bonchev–Trinajstić information content (AvgIpc) is 2.75. The molecule has 0 radical (unpaired) electrons. The summed E-state index contributed by atoms with van der Waals surface area (Å²) in [5, 5.41) is 7.09. The Balaban J connectivity index is 1.66. The predicted octanol–water partition coefficient (Wildman–Crippen LogP) is 2.94. The van der Waals surface area contributed by atoms with Gasteiger partial charge in [0, 0.05) is 18.7 Å². The molecular formula is C23H25N3O4. The van der Waals surface area contributed by atoms with Crippen LogP contribution in [0.4, 0.5) is 0 Å². The predicted molar refractivity (Wildman–Crippen MR) is 114 cm³/mol. The summed E-state index contributed by atoms with van der Waals surface area (Å²) >= 11 is 0. The van der Waals surface area contributed by atoms with Gasteiger partial charge in [0.25, 0.3) is 11.5 Å². The summed E-state index contributed by atoms with van der Waals surface area (Å²) in [6.07, 6.45) is -0.776. The van der Waals surface area contributed by atoms with Gasteiger partial charge >= 0.3 is 0 Å². The van der Waals surface area contributed by atoms with Gasteiger partial charge in [-0.3, -0.25) is 9.59 Å². The third-order valence-electron chi connectivity index (χ3n) is 4.80. The summed E-state index contributed by atoms with van der Waals surface area (Å²) in [6.45, 7) is 5.98. The maximum absolute atomic E-state index is 12.4. The summed E-state index contributed by atoms with van der Waals surface area (Å²) in [6, 6.07) is 15.9. The van der Waals surface area contributed by atoms with E-state index in [9.17, 15) is 9.59 Å². The molecule has 3 rings (SSSR count). The van der Waals surface area contributed by atoms with Crippen LogP contribution in [0, 0.1) is 13.8 Å². The number of aromatic nitrogens is 2. The van der Waals surface area contributed by atoms with Gasteiger partial charge in [-0.1, -0.05) is 18.2 Å². The van der Waals surface area contributed by atoms with Crippen molar-refractivity contribution in [1.29, 1.82) is 0 Å². The first-order chi connectivity index (χ1) is 14.4. The van der Waals surface area contributed by atoms with Crippen LogP contribution in [-0.2, 0) is 11.3 Å². The SMILES string of the molecule is COc1ccc(CNC(=O)C(C)Oc2ccc(=O)n(-c3ccc(C)c(C)c3)n2)cc1. The Morgan fingerprint density at radius 1 is 1.07 bits per heavy atom. The molecule has 0 saturated heterocycles. The molecule has 0 aliphatic carbocycles. The van der Waals surface area contributed by atoms with Gasteiger partial charge in [-0.15, -0.1) is 5.10 Å². The van der Waals surface area contributed by atoms with Gasteiger partial charge in [0.05, 0.1) is 12.8 Å². The van der Waals surface area contributed by atoms with Crippen molar-refractivity contribution in [3.05, 3.63) is 81.6 Å². The largest absolute Gasteiger partial charge is 0.497 e. The lowest BCUT2D eigenvalue weighted by Gasteiger charge is -2.15. The molecule has 1 N–H and O–H groups in total. The second-order valence-corrected chi connectivity index (χ2v) is 7.02. The quantitative estimate of drug-likeness (QED) is 0.651. The number of nitrogens with one attached hydrogen (secondary N) is 1. The van der Waals surface area contributed by atoms with Crippen LogP contribution in [-0.4, -0.2) is 28.9 Å². The Bertz CT molecular complexity index is 1090. The van der Waals surface area contributed by atoms with E-state index < -0.39 is 6.10 Å². The lowest BCUT2D eigenvalue weighted by molar-refractivity contribution is -0.127. The van der Waals surface area contributed by atoms with Crippen LogP contribution < -0.4 is 20.3 Å². The summed E-state index contributed by atoms with van der Waals surface area (Å²) < 4.78 is 12.1. The molecule has 156 valence electrons. The summed E-state index contributed by atoms with van der Waals surface area (Å²) in [4.78, 5) is 24.6. The molecule has 7 heteroatoms. The van der Waals surface area contributed by atoms with Crippen molar-refractivity contribution in [2.75, 3.05) is 7.11 Å². The second kappa shape index (κ2) is 9.26. The molecule has 7 nitrogen and oxygen atoms in total. The maximum atomic E-state index is 12.4. The Morgan fingerprint density at radius 3 is 2.47 bits per heavy atom. The minimum Gasteiger partial charge on any atom is -0.497 e. The molecule has 1 heterocycles. The van der Waals surface area contributed by atoms with Gasteiger partial charge < -0.3 is 14.8 Å². The van der Waals surface area contributed by atoms with E-state index in [0.29, 0.717) is 12.2 Å². The number of ether oxygens (including phenoxy) is 2. The van der Waals surface area contributed by atoms with E-state index >= 15 is 0 Å². The highest BCUT2D eigenvalue weighted by molar-refractivity contribution is 5.80. The zero-order chi connectivity index (χ0) is 21.7. The van der Waals surface area contributed by atoms with Gasteiger partial charge in [0.15, 0.2) is 6.10 Å². The summed E-state index contributed by atoms with van der Waals surface area (Å²) in [7, 11) is 1.60. The van der Waals surface area contributed by atoms with E-state index in [1.807, 2.05) is 56.3 Å². The minimum atomic E-state index is -0.776. The molecule has 0 fully saturated rings. The molecule has 0 spiro atoms. The molecule has 3 aromatic rings. The second-order valence-electron chi connectivity index (χ2n) is 7.02. The molecule has 1 amide bonds. The number of carbonyl (C=O) groups excluding carboxylic acids is 1. The van der Waals surface area contributed by atoms with E-state index in [4.69, 9.17) is 9.47 Å². The number of rotatable bonds is 7. The highest BCUT2D eigenvalue weighted by Gasteiger charge is 2.16. The molecule has 0 aliphatic heterocycles. The zero-order valence-corrected chi connectivity index (χ0v) is 17.5. The Morgan fingerprint density at radius 2 is 1.80 bits per heavy atom. The Kier molecular flexibility index (Phi) is 6.51. The summed E-state index contributed by atoms with van der Waals surface area (Å²) in [5.41, 5.74) is 3.49.